The molecule has 0 amide bonds. The number of fused-ring (bicyclic) bond motifs is 3. The second kappa shape index (κ2) is 6.48. The normalized spacial score (nSPS) is 24.5. The summed E-state index contributed by atoms with van der Waals surface area (Å²) in [6, 6.07) is 8.93. The Morgan fingerprint density at radius 1 is 0.773 bits per heavy atom. The molecule has 22 heavy (non-hydrogen) atoms. The van der Waals surface area contributed by atoms with E-state index in [2.05, 4.69) is 29.2 Å². The number of rotatable bonds is 1. The quantitative estimate of drug-likeness (QED) is 0.632. The molecule has 2 aliphatic rings. The van der Waals surface area contributed by atoms with E-state index in [1.54, 1.807) is 11.3 Å². The second-order valence-electron chi connectivity index (χ2n) is 7.52. The van der Waals surface area contributed by atoms with E-state index >= 15 is 0 Å². The summed E-state index contributed by atoms with van der Waals surface area (Å²) in [6.07, 6.45) is 15.8. The fourth-order valence-electron chi connectivity index (χ4n) is 4.99. The predicted octanol–water partition coefficient (Wildman–Crippen LogP) is 6.34. The van der Waals surface area contributed by atoms with Crippen LogP contribution in [0.5, 0.6) is 0 Å². The Balaban J connectivity index is 1.65. The SMILES string of the molecule is c1ccc2c3c([nH]c2c1)C(C1CCCCCCCC1)CCC3. The minimum Gasteiger partial charge on any atom is -0.358 e. The van der Waals surface area contributed by atoms with Gasteiger partial charge in [0, 0.05) is 22.5 Å². The van der Waals surface area contributed by atoms with E-state index in [0.717, 1.165) is 11.8 Å². The zero-order chi connectivity index (χ0) is 14.8. The van der Waals surface area contributed by atoms with Crippen molar-refractivity contribution in [2.24, 2.45) is 5.92 Å². The maximum absolute atomic E-state index is 3.82. The molecule has 1 saturated carbocycles. The average Bonchev–Trinajstić information content (AvgIpc) is 2.99. The van der Waals surface area contributed by atoms with E-state index in [-0.39, 0.29) is 0 Å². The van der Waals surface area contributed by atoms with Crippen molar-refractivity contribution >= 4 is 10.9 Å². The monoisotopic (exact) mass is 295 g/mol. The van der Waals surface area contributed by atoms with Gasteiger partial charge in [-0.15, -0.1) is 0 Å². The lowest BCUT2D eigenvalue weighted by Gasteiger charge is -2.30. The Hall–Kier alpha value is -1.24. The van der Waals surface area contributed by atoms with Crippen LogP contribution in [-0.2, 0) is 6.42 Å². The highest BCUT2D eigenvalue weighted by Gasteiger charge is 2.30. The molecule has 4 rings (SSSR count). The summed E-state index contributed by atoms with van der Waals surface area (Å²) in [4.78, 5) is 3.82. The number of para-hydroxylation sites is 1. The Kier molecular flexibility index (Phi) is 4.23. The maximum Gasteiger partial charge on any atom is 0.0459 e. The molecule has 0 saturated heterocycles. The second-order valence-corrected chi connectivity index (χ2v) is 7.52. The third kappa shape index (κ3) is 2.71. The number of aromatic nitrogens is 1. The Morgan fingerprint density at radius 3 is 2.32 bits per heavy atom. The summed E-state index contributed by atoms with van der Waals surface area (Å²) in [7, 11) is 0. The summed E-state index contributed by atoms with van der Waals surface area (Å²) in [5, 5.41) is 1.49. The largest absolute Gasteiger partial charge is 0.358 e. The van der Waals surface area contributed by atoms with Gasteiger partial charge >= 0.3 is 0 Å². The minimum absolute atomic E-state index is 0.800. The molecule has 2 aromatic rings. The van der Waals surface area contributed by atoms with Crippen molar-refractivity contribution in [3.05, 3.63) is 35.5 Å². The average molecular weight is 295 g/mol. The van der Waals surface area contributed by atoms with Crippen LogP contribution in [0.4, 0.5) is 0 Å². The Morgan fingerprint density at radius 2 is 1.50 bits per heavy atom. The summed E-state index contributed by atoms with van der Waals surface area (Å²) in [5.41, 5.74) is 4.62. The zero-order valence-electron chi connectivity index (χ0n) is 13.7. The number of nitrogens with one attached hydrogen (secondary N) is 1. The first kappa shape index (κ1) is 14.4. The number of hydrogen-bond acceptors (Lipinski definition) is 0. The van der Waals surface area contributed by atoms with Crippen LogP contribution in [0.1, 0.15) is 81.4 Å². The van der Waals surface area contributed by atoms with E-state index in [0.29, 0.717) is 0 Å². The Labute approximate surface area is 134 Å². The van der Waals surface area contributed by atoms with Gasteiger partial charge < -0.3 is 4.98 Å². The first-order valence-electron chi connectivity index (χ1n) is 9.53. The molecule has 0 aliphatic heterocycles. The fraction of sp³-hybridized carbons (Fsp3) is 0.619. The number of H-pyrrole nitrogens is 1. The molecule has 0 bridgehead atoms. The van der Waals surface area contributed by atoms with Gasteiger partial charge in [0.2, 0.25) is 0 Å². The van der Waals surface area contributed by atoms with Crippen LogP contribution in [-0.4, -0.2) is 4.98 Å². The van der Waals surface area contributed by atoms with Gasteiger partial charge in [-0.25, -0.2) is 0 Å². The molecule has 118 valence electrons. The van der Waals surface area contributed by atoms with Crippen molar-refractivity contribution in [2.75, 3.05) is 0 Å². The number of aromatic amines is 1. The summed E-state index contributed by atoms with van der Waals surface area (Å²) < 4.78 is 0. The minimum atomic E-state index is 0.800. The van der Waals surface area contributed by atoms with Crippen LogP contribution < -0.4 is 0 Å². The molecule has 1 nitrogen and oxygen atoms in total. The molecule has 1 fully saturated rings. The smallest absolute Gasteiger partial charge is 0.0459 e. The van der Waals surface area contributed by atoms with Gasteiger partial charge in [0.1, 0.15) is 0 Å². The number of hydrogen-bond donors (Lipinski definition) is 1. The topological polar surface area (TPSA) is 15.8 Å². The maximum atomic E-state index is 3.82. The van der Waals surface area contributed by atoms with Gasteiger partial charge in [-0.05, 0) is 49.7 Å². The van der Waals surface area contributed by atoms with Crippen LogP contribution in [0.15, 0.2) is 24.3 Å². The van der Waals surface area contributed by atoms with Gasteiger partial charge in [0.05, 0.1) is 0 Å². The predicted molar refractivity (Wildman–Crippen MR) is 94.4 cm³/mol. The lowest BCUT2D eigenvalue weighted by Crippen LogP contribution is -2.18. The van der Waals surface area contributed by atoms with Crippen molar-refractivity contribution in [2.45, 2.75) is 76.5 Å². The van der Waals surface area contributed by atoms with E-state index in [4.69, 9.17) is 0 Å². The summed E-state index contributed by atoms with van der Waals surface area (Å²) in [5.74, 6) is 1.72. The van der Waals surface area contributed by atoms with Gasteiger partial charge in [0.25, 0.3) is 0 Å². The number of aryl methyl sites for hydroxylation is 1. The van der Waals surface area contributed by atoms with Crippen molar-refractivity contribution in [1.29, 1.82) is 0 Å². The standard InChI is InChI=1S/C21H29N/c1-2-4-6-11-16(10-5-3-1)17-13-9-14-19-18-12-7-8-15-20(18)22-21(17)19/h7-8,12,15-17,22H,1-6,9-11,13-14H2. The first-order valence-corrected chi connectivity index (χ1v) is 9.53. The summed E-state index contributed by atoms with van der Waals surface area (Å²) >= 11 is 0. The van der Waals surface area contributed by atoms with Crippen LogP contribution in [0.3, 0.4) is 0 Å². The van der Waals surface area contributed by atoms with Crippen LogP contribution in [0.25, 0.3) is 10.9 Å². The molecule has 1 unspecified atom stereocenters. The third-order valence-corrected chi connectivity index (χ3v) is 6.13. The van der Waals surface area contributed by atoms with E-state index < -0.39 is 0 Å². The fourth-order valence-corrected chi connectivity index (χ4v) is 4.99. The molecule has 2 aliphatic carbocycles. The first-order chi connectivity index (χ1) is 10.9. The number of benzene rings is 1. The molecule has 0 radical (unpaired) electrons. The van der Waals surface area contributed by atoms with Crippen molar-refractivity contribution in [3.8, 4) is 0 Å². The summed E-state index contributed by atoms with van der Waals surface area (Å²) in [6.45, 7) is 0. The molecule has 1 heteroatoms. The molecule has 1 aromatic heterocycles. The van der Waals surface area contributed by atoms with E-state index in [1.165, 1.54) is 81.5 Å². The molecule has 1 atom stereocenters. The van der Waals surface area contributed by atoms with Crippen molar-refractivity contribution < 1.29 is 0 Å². The lowest BCUT2D eigenvalue weighted by atomic mass is 9.75. The molecule has 1 aromatic carbocycles. The molecular formula is C21H29N. The molecular weight excluding hydrogens is 266 g/mol. The van der Waals surface area contributed by atoms with Gasteiger partial charge in [-0.1, -0.05) is 56.7 Å². The van der Waals surface area contributed by atoms with Crippen LogP contribution >= 0.6 is 0 Å². The van der Waals surface area contributed by atoms with E-state index in [9.17, 15) is 0 Å². The van der Waals surface area contributed by atoms with Gasteiger partial charge in [-0.3, -0.25) is 0 Å². The highest BCUT2D eigenvalue weighted by molar-refractivity contribution is 5.85. The highest BCUT2D eigenvalue weighted by atomic mass is 14.7. The molecule has 0 spiro atoms. The Bertz CT molecular complexity index is 614. The lowest BCUT2D eigenvalue weighted by molar-refractivity contribution is 0.321. The van der Waals surface area contributed by atoms with Gasteiger partial charge in [-0.2, -0.15) is 0 Å². The molecule has 1 N–H and O–H groups in total. The van der Waals surface area contributed by atoms with E-state index in [1.807, 2.05) is 0 Å². The van der Waals surface area contributed by atoms with Crippen LogP contribution in [0, 0.1) is 5.92 Å². The van der Waals surface area contributed by atoms with Crippen molar-refractivity contribution in [3.63, 3.8) is 0 Å². The molecule has 1 heterocycles. The zero-order valence-corrected chi connectivity index (χ0v) is 13.7. The van der Waals surface area contributed by atoms with Crippen molar-refractivity contribution in [1.82, 2.24) is 4.98 Å². The van der Waals surface area contributed by atoms with Crippen LogP contribution in [0.2, 0.25) is 0 Å². The highest BCUT2D eigenvalue weighted by Crippen LogP contribution is 2.43. The third-order valence-electron chi connectivity index (χ3n) is 6.13. The van der Waals surface area contributed by atoms with Gasteiger partial charge in [0.15, 0.2) is 0 Å².